The Morgan fingerprint density at radius 3 is 2.61 bits per heavy atom. The Morgan fingerprint density at radius 2 is 1.96 bits per heavy atom. The second-order valence-corrected chi connectivity index (χ2v) is 7.09. The molecule has 1 N–H and O–H groups in total. The highest BCUT2D eigenvalue weighted by atomic mass is 32.1. The fraction of sp³-hybridized carbons (Fsp3) is 0.125. The molecule has 2 heterocycles. The van der Waals surface area contributed by atoms with Crippen molar-refractivity contribution in [3.8, 4) is 10.6 Å². The lowest BCUT2D eigenvalue weighted by Gasteiger charge is -2.04. The molecule has 2 aromatic heterocycles. The van der Waals surface area contributed by atoms with E-state index in [2.05, 4.69) is 10.3 Å². The van der Waals surface area contributed by atoms with E-state index in [9.17, 15) is 13.6 Å². The number of halogens is 2. The average molecular weight is 350 g/mol. The monoisotopic (exact) mass is 350 g/mol. The van der Waals surface area contributed by atoms with Gasteiger partial charge in [-0.3, -0.25) is 4.79 Å². The first kappa shape index (κ1) is 15.8. The van der Waals surface area contributed by atoms with Crippen molar-refractivity contribution in [2.75, 3.05) is 0 Å². The molecule has 1 amide bonds. The molecule has 0 radical (unpaired) electrons. The minimum absolute atomic E-state index is 0.0330. The van der Waals surface area contributed by atoms with Gasteiger partial charge in [-0.05, 0) is 31.2 Å². The Hall–Kier alpha value is -2.12. The van der Waals surface area contributed by atoms with Crippen LogP contribution in [0.15, 0.2) is 35.7 Å². The fourth-order valence-corrected chi connectivity index (χ4v) is 3.64. The standard InChI is InChI=1S/C16H12F2N2OS2/c1-9-20-14(8-22-9)15-3-2-13(23-15)7-19-16(21)10-4-11(17)6-12(18)5-10/h2-6,8H,7H2,1H3,(H,19,21). The molecule has 23 heavy (non-hydrogen) atoms. The number of hydrogen-bond donors (Lipinski definition) is 1. The zero-order valence-electron chi connectivity index (χ0n) is 12.1. The number of thiophene rings is 1. The maximum Gasteiger partial charge on any atom is 0.251 e. The molecule has 0 saturated heterocycles. The molecule has 0 aliphatic rings. The third-order valence-electron chi connectivity index (χ3n) is 3.08. The van der Waals surface area contributed by atoms with Gasteiger partial charge in [0.1, 0.15) is 11.6 Å². The molecule has 7 heteroatoms. The van der Waals surface area contributed by atoms with Gasteiger partial charge in [0, 0.05) is 21.9 Å². The number of carbonyl (C=O) groups is 1. The van der Waals surface area contributed by atoms with Crippen molar-refractivity contribution in [2.45, 2.75) is 13.5 Å². The van der Waals surface area contributed by atoms with Gasteiger partial charge in [0.15, 0.2) is 0 Å². The summed E-state index contributed by atoms with van der Waals surface area (Å²) in [6.07, 6.45) is 0. The molecule has 1 aromatic carbocycles. The minimum Gasteiger partial charge on any atom is -0.347 e. The topological polar surface area (TPSA) is 42.0 Å². The number of aryl methyl sites for hydroxylation is 1. The van der Waals surface area contributed by atoms with Crippen LogP contribution in [0.4, 0.5) is 8.78 Å². The maximum absolute atomic E-state index is 13.1. The normalized spacial score (nSPS) is 10.7. The Kier molecular flexibility index (Phi) is 4.49. The SMILES string of the molecule is Cc1nc(-c2ccc(CNC(=O)c3cc(F)cc(F)c3)s2)cs1. The van der Waals surface area contributed by atoms with E-state index in [1.165, 1.54) is 11.3 Å². The number of aromatic nitrogens is 1. The number of hydrogen-bond acceptors (Lipinski definition) is 4. The number of nitrogens with one attached hydrogen (secondary N) is 1. The van der Waals surface area contributed by atoms with Gasteiger partial charge in [-0.15, -0.1) is 22.7 Å². The molecule has 0 atom stereocenters. The van der Waals surface area contributed by atoms with Gasteiger partial charge < -0.3 is 5.32 Å². The lowest BCUT2D eigenvalue weighted by molar-refractivity contribution is 0.0950. The van der Waals surface area contributed by atoms with Crippen LogP contribution >= 0.6 is 22.7 Å². The Balaban J connectivity index is 1.66. The summed E-state index contributed by atoms with van der Waals surface area (Å²) >= 11 is 3.11. The lowest BCUT2D eigenvalue weighted by atomic mass is 10.2. The van der Waals surface area contributed by atoms with Gasteiger partial charge in [-0.1, -0.05) is 0 Å². The van der Waals surface area contributed by atoms with E-state index in [1.54, 1.807) is 11.3 Å². The molecule has 0 bridgehead atoms. The summed E-state index contributed by atoms with van der Waals surface area (Å²) in [5.41, 5.74) is 0.886. The van der Waals surface area contributed by atoms with E-state index in [1.807, 2.05) is 24.4 Å². The third kappa shape index (κ3) is 3.80. The predicted octanol–water partition coefficient (Wildman–Crippen LogP) is 4.39. The van der Waals surface area contributed by atoms with Gasteiger partial charge in [0.05, 0.1) is 22.1 Å². The van der Waals surface area contributed by atoms with Gasteiger partial charge in [-0.25, -0.2) is 13.8 Å². The van der Waals surface area contributed by atoms with Crippen molar-refractivity contribution in [2.24, 2.45) is 0 Å². The molecule has 0 saturated carbocycles. The highest BCUT2D eigenvalue weighted by Crippen LogP contribution is 2.28. The zero-order valence-corrected chi connectivity index (χ0v) is 13.7. The van der Waals surface area contributed by atoms with E-state index in [-0.39, 0.29) is 5.56 Å². The van der Waals surface area contributed by atoms with Gasteiger partial charge in [0.2, 0.25) is 0 Å². The van der Waals surface area contributed by atoms with Crippen molar-refractivity contribution in [1.82, 2.24) is 10.3 Å². The van der Waals surface area contributed by atoms with Gasteiger partial charge >= 0.3 is 0 Å². The molecule has 118 valence electrons. The van der Waals surface area contributed by atoms with Crippen molar-refractivity contribution in [3.05, 3.63) is 62.8 Å². The van der Waals surface area contributed by atoms with Gasteiger partial charge in [0.25, 0.3) is 5.91 Å². The summed E-state index contributed by atoms with van der Waals surface area (Å²) in [6.45, 7) is 2.24. The molecule has 3 aromatic rings. The molecular formula is C16H12F2N2OS2. The van der Waals surface area contributed by atoms with E-state index >= 15 is 0 Å². The van der Waals surface area contributed by atoms with E-state index in [0.717, 1.165) is 38.7 Å². The fourth-order valence-electron chi connectivity index (χ4n) is 2.04. The van der Waals surface area contributed by atoms with Crippen molar-refractivity contribution >= 4 is 28.6 Å². The molecule has 0 spiro atoms. The van der Waals surface area contributed by atoms with Crippen LogP contribution in [0.3, 0.4) is 0 Å². The van der Waals surface area contributed by atoms with Crippen LogP contribution in [-0.2, 0) is 6.54 Å². The predicted molar refractivity (Wildman–Crippen MR) is 87.7 cm³/mol. The molecule has 0 aliphatic carbocycles. The zero-order chi connectivity index (χ0) is 16.4. The smallest absolute Gasteiger partial charge is 0.251 e. The number of amides is 1. The summed E-state index contributed by atoms with van der Waals surface area (Å²) in [7, 11) is 0. The van der Waals surface area contributed by atoms with Crippen LogP contribution in [0, 0.1) is 18.6 Å². The van der Waals surface area contributed by atoms with Crippen LogP contribution in [0.2, 0.25) is 0 Å². The first-order chi connectivity index (χ1) is 11.0. The van der Waals surface area contributed by atoms with E-state index in [0.29, 0.717) is 6.54 Å². The van der Waals surface area contributed by atoms with Crippen LogP contribution in [0.1, 0.15) is 20.2 Å². The van der Waals surface area contributed by atoms with Crippen molar-refractivity contribution < 1.29 is 13.6 Å². The van der Waals surface area contributed by atoms with Crippen LogP contribution in [-0.4, -0.2) is 10.9 Å². The third-order valence-corrected chi connectivity index (χ3v) is 4.96. The summed E-state index contributed by atoms with van der Waals surface area (Å²) in [5.74, 6) is -2.05. The largest absolute Gasteiger partial charge is 0.347 e. The minimum atomic E-state index is -0.771. The number of nitrogens with zero attached hydrogens (tertiary/aromatic N) is 1. The molecule has 3 nitrogen and oxygen atoms in total. The van der Waals surface area contributed by atoms with Gasteiger partial charge in [-0.2, -0.15) is 0 Å². The Bertz CT molecular complexity index is 837. The highest BCUT2D eigenvalue weighted by Gasteiger charge is 2.10. The number of benzene rings is 1. The number of rotatable bonds is 4. The Morgan fingerprint density at radius 1 is 1.22 bits per heavy atom. The molecular weight excluding hydrogens is 338 g/mol. The number of thiazole rings is 1. The summed E-state index contributed by atoms with van der Waals surface area (Å²) < 4.78 is 26.2. The molecule has 0 aliphatic heterocycles. The molecule has 0 fully saturated rings. The number of carbonyl (C=O) groups excluding carboxylic acids is 1. The summed E-state index contributed by atoms with van der Waals surface area (Å²) in [5, 5.41) is 5.64. The van der Waals surface area contributed by atoms with Crippen LogP contribution in [0.5, 0.6) is 0 Å². The summed E-state index contributed by atoms with van der Waals surface area (Å²) in [4.78, 5) is 18.3. The van der Waals surface area contributed by atoms with Crippen LogP contribution < -0.4 is 5.32 Å². The summed E-state index contributed by atoms with van der Waals surface area (Å²) in [6, 6.07) is 6.61. The first-order valence-corrected chi connectivity index (χ1v) is 8.46. The van der Waals surface area contributed by atoms with Crippen LogP contribution in [0.25, 0.3) is 10.6 Å². The Labute approximate surface area is 139 Å². The molecule has 3 rings (SSSR count). The second kappa shape index (κ2) is 6.55. The van der Waals surface area contributed by atoms with E-state index in [4.69, 9.17) is 0 Å². The highest BCUT2D eigenvalue weighted by molar-refractivity contribution is 7.16. The second-order valence-electron chi connectivity index (χ2n) is 4.86. The van der Waals surface area contributed by atoms with Crippen molar-refractivity contribution in [1.29, 1.82) is 0 Å². The van der Waals surface area contributed by atoms with Crippen molar-refractivity contribution in [3.63, 3.8) is 0 Å². The lowest BCUT2D eigenvalue weighted by Crippen LogP contribution is -2.22. The molecule has 0 unspecified atom stereocenters. The maximum atomic E-state index is 13.1. The average Bonchev–Trinajstić information content (AvgIpc) is 3.12. The quantitative estimate of drug-likeness (QED) is 0.758. The first-order valence-electron chi connectivity index (χ1n) is 6.77. The van der Waals surface area contributed by atoms with E-state index < -0.39 is 17.5 Å².